The molecule has 1 aromatic rings. The highest BCUT2D eigenvalue weighted by atomic mass is 35.5. The van der Waals surface area contributed by atoms with E-state index < -0.39 is 0 Å². The molecule has 1 aliphatic heterocycles. The SMILES string of the molecule is Cc1ccc(N)cc1NC(=O)C1CCN(C)C(=O)C1.Cl. The van der Waals surface area contributed by atoms with Crippen molar-refractivity contribution in [2.75, 3.05) is 24.6 Å². The van der Waals surface area contributed by atoms with Crippen molar-refractivity contribution in [3.8, 4) is 0 Å². The van der Waals surface area contributed by atoms with Crippen LogP contribution in [0.1, 0.15) is 18.4 Å². The number of aryl methyl sites for hydroxylation is 1. The van der Waals surface area contributed by atoms with Gasteiger partial charge in [-0.15, -0.1) is 12.4 Å². The Bertz CT molecular complexity index is 519. The van der Waals surface area contributed by atoms with Crippen LogP contribution in [0.25, 0.3) is 0 Å². The number of piperidine rings is 1. The molecule has 110 valence electrons. The van der Waals surface area contributed by atoms with E-state index in [0.29, 0.717) is 18.7 Å². The fourth-order valence-corrected chi connectivity index (χ4v) is 2.18. The third kappa shape index (κ3) is 3.63. The van der Waals surface area contributed by atoms with Crippen molar-refractivity contribution in [3.63, 3.8) is 0 Å². The Kier molecular flexibility index (Phi) is 5.39. The number of benzene rings is 1. The summed E-state index contributed by atoms with van der Waals surface area (Å²) in [7, 11) is 1.76. The molecule has 1 aromatic carbocycles. The summed E-state index contributed by atoms with van der Waals surface area (Å²) in [6, 6.07) is 5.40. The van der Waals surface area contributed by atoms with Gasteiger partial charge < -0.3 is 16.0 Å². The fraction of sp³-hybridized carbons (Fsp3) is 0.429. The fourth-order valence-electron chi connectivity index (χ4n) is 2.18. The normalized spacial score (nSPS) is 18.4. The standard InChI is InChI=1S/C14H19N3O2.ClH/c1-9-3-4-11(15)8-12(9)16-14(19)10-5-6-17(2)13(18)7-10;/h3-4,8,10H,5-7,15H2,1-2H3,(H,16,19);1H. The van der Waals surface area contributed by atoms with E-state index in [-0.39, 0.29) is 36.6 Å². The third-order valence-corrected chi connectivity index (χ3v) is 3.55. The zero-order chi connectivity index (χ0) is 14.0. The predicted octanol–water partition coefficient (Wildman–Crippen LogP) is 1.81. The Morgan fingerprint density at radius 2 is 2.15 bits per heavy atom. The second-order valence-corrected chi connectivity index (χ2v) is 5.07. The molecule has 0 aliphatic carbocycles. The summed E-state index contributed by atoms with van der Waals surface area (Å²) < 4.78 is 0. The van der Waals surface area contributed by atoms with Gasteiger partial charge in [0, 0.05) is 37.3 Å². The number of nitrogens with two attached hydrogens (primary N) is 1. The Labute approximate surface area is 124 Å². The molecular formula is C14H20ClN3O2. The van der Waals surface area contributed by atoms with E-state index in [2.05, 4.69) is 5.32 Å². The van der Waals surface area contributed by atoms with Gasteiger partial charge in [0.15, 0.2) is 0 Å². The topological polar surface area (TPSA) is 75.4 Å². The van der Waals surface area contributed by atoms with Crippen molar-refractivity contribution in [3.05, 3.63) is 23.8 Å². The minimum Gasteiger partial charge on any atom is -0.399 e. The first-order valence-electron chi connectivity index (χ1n) is 6.38. The number of anilines is 2. The van der Waals surface area contributed by atoms with Gasteiger partial charge in [0.2, 0.25) is 11.8 Å². The van der Waals surface area contributed by atoms with Crippen LogP contribution in [-0.4, -0.2) is 30.3 Å². The summed E-state index contributed by atoms with van der Waals surface area (Å²) in [5.74, 6) is -0.324. The van der Waals surface area contributed by atoms with E-state index >= 15 is 0 Å². The molecule has 1 aliphatic rings. The molecule has 1 unspecified atom stereocenters. The average molecular weight is 298 g/mol. The van der Waals surface area contributed by atoms with Gasteiger partial charge >= 0.3 is 0 Å². The number of carbonyl (C=O) groups is 2. The Morgan fingerprint density at radius 1 is 1.45 bits per heavy atom. The molecule has 20 heavy (non-hydrogen) atoms. The number of hydrogen-bond acceptors (Lipinski definition) is 3. The maximum atomic E-state index is 12.2. The van der Waals surface area contributed by atoms with Crippen LogP contribution in [0, 0.1) is 12.8 Å². The van der Waals surface area contributed by atoms with E-state index in [4.69, 9.17) is 5.73 Å². The predicted molar refractivity (Wildman–Crippen MR) is 81.8 cm³/mol. The molecule has 1 atom stereocenters. The molecule has 0 saturated carbocycles. The lowest BCUT2D eigenvalue weighted by Gasteiger charge is -2.28. The highest BCUT2D eigenvalue weighted by Crippen LogP contribution is 2.22. The summed E-state index contributed by atoms with van der Waals surface area (Å²) in [5.41, 5.74) is 8.00. The molecule has 1 saturated heterocycles. The lowest BCUT2D eigenvalue weighted by molar-refractivity contribution is -0.137. The van der Waals surface area contributed by atoms with Crippen LogP contribution in [0.5, 0.6) is 0 Å². The minimum absolute atomic E-state index is 0. The molecule has 1 heterocycles. The largest absolute Gasteiger partial charge is 0.399 e. The average Bonchev–Trinajstić information content (AvgIpc) is 2.37. The van der Waals surface area contributed by atoms with Crippen LogP contribution < -0.4 is 11.1 Å². The number of nitrogens with zero attached hydrogens (tertiary/aromatic N) is 1. The number of hydrogen-bond donors (Lipinski definition) is 2. The van der Waals surface area contributed by atoms with Crippen LogP contribution in [0.3, 0.4) is 0 Å². The molecule has 0 spiro atoms. The molecule has 2 amide bonds. The molecule has 0 radical (unpaired) electrons. The number of rotatable bonds is 2. The Balaban J connectivity index is 0.00000200. The second kappa shape index (κ2) is 6.61. The number of nitrogens with one attached hydrogen (secondary N) is 1. The maximum absolute atomic E-state index is 12.2. The summed E-state index contributed by atoms with van der Waals surface area (Å²) in [4.78, 5) is 25.4. The Morgan fingerprint density at radius 3 is 2.80 bits per heavy atom. The summed E-state index contributed by atoms with van der Waals surface area (Å²) >= 11 is 0. The second-order valence-electron chi connectivity index (χ2n) is 5.07. The number of halogens is 1. The van der Waals surface area contributed by atoms with Gasteiger partial charge in [-0.3, -0.25) is 9.59 Å². The van der Waals surface area contributed by atoms with E-state index in [1.807, 2.05) is 13.0 Å². The molecule has 2 rings (SSSR count). The molecule has 6 heteroatoms. The molecule has 0 aromatic heterocycles. The number of carbonyl (C=O) groups excluding carboxylic acids is 2. The molecule has 0 bridgehead atoms. The zero-order valence-corrected chi connectivity index (χ0v) is 12.5. The van der Waals surface area contributed by atoms with Crippen molar-refractivity contribution < 1.29 is 9.59 Å². The minimum atomic E-state index is -0.246. The monoisotopic (exact) mass is 297 g/mol. The zero-order valence-electron chi connectivity index (χ0n) is 11.7. The summed E-state index contributed by atoms with van der Waals surface area (Å²) in [5, 5.41) is 2.87. The van der Waals surface area contributed by atoms with Crippen molar-refractivity contribution in [2.45, 2.75) is 19.8 Å². The summed E-state index contributed by atoms with van der Waals surface area (Å²) in [6.45, 7) is 2.54. The van der Waals surface area contributed by atoms with Gasteiger partial charge in [0.1, 0.15) is 0 Å². The van der Waals surface area contributed by atoms with Crippen molar-refractivity contribution >= 4 is 35.6 Å². The summed E-state index contributed by atoms with van der Waals surface area (Å²) in [6.07, 6.45) is 0.985. The lowest BCUT2D eigenvalue weighted by atomic mass is 9.95. The molecule has 1 fully saturated rings. The van der Waals surface area contributed by atoms with Crippen molar-refractivity contribution in [1.29, 1.82) is 0 Å². The van der Waals surface area contributed by atoms with Gasteiger partial charge in [-0.2, -0.15) is 0 Å². The van der Waals surface area contributed by atoms with Crippen molar-refractivity contribution in [2.24, 2.45) is 5.92 Å². The smallest absolute Gasteiger partial charge is 0.228 e. The van der Waals surface area contributed by atoms with Gasteiger partial charge in [0.05, 0.1) is 0 Å². The van der Waals surface area contributed by atoms with Crippen LogP contribution in [-0.2, 0) is 9.59 Å². The van der Waals surface area contributed by atoms with Crippen LogP contribution >= 0.6 is 12.4 Å². The molecule has 3 N–H and O–H groups in total. The number of amides is 2. The van der Waals surface area contributed by atoms with Crippen molar-refractivity contribution in [1.82, 2.24) is 4.90 Å². The first-order chi connectivity index (χ1) is 8.97. The quantitative estimate of drug-likeness (QED) is 0.818. The van der Waals surface area contributed by atoms with Gasteiger partial charge in [-0.1, -0.05) is 6.07 Å². The van der Waals surface area contributed by atoms with E-state index in [0.717, 1.165) is 11.3 Å². The molecular weight excluding hydrogens is 278 g/mol. The van der Waals surface area contributed by atoms with Gasteiger partial charge in [0.25, 0.3) is 0 Å². The van der Waals surface area contributed by atoms with E-state index in [1.165, 1.54) is 0 Å². The van der Waals surface area contributed by atoms with Crippen LogP contribution in [0.2, 0.25) is 0 Å². The third-order valence-electron chi connectivity index (χ3n) is 3.55. The first-order valence-corrected chi connectivity index (χ1v) is 6.38. The highest BCUT2D eigenvalue weighted by Gasteiger charge is 2.28. The lowest BCUT2D eigenvalue weighted by Crippen LogP contribution is -2.39. The van der Waals surface area contributed by atoms with E-state index in [9.17, 15) is 9.59 Å². The number of likely N-dealkylation sites (tertiary alicyclic amines) is 1. The molecule has 5 nitrogen and oxygen atoms in total. The number of nitrogen functional groups attached to an aromatic ring is 1. The van der Waals surface area contributed by atoms with Gasteiger partial charge in [-0.05, 0) is 31.0 Å². The van der Waals surface area contributed by atoms with Gasteiger partial charge in [-0.25, -0.2) is 0 Å². The first kappa shape index (κ1) is 16.3. The van der Waals surface area contributed by atoms with E-state index in [1.54, 1.807) is 24.1 Å². The van der Waals surface area contributed by atoms with Crippen LogP contribution in [0.15, 0.2) is 18.2 Å². The van der Waals surface area contributed by atoms with Crippen LogP contribution in [0.4, 0.5) is 11.4 Å². The maximum Gasteiger partial charge on any atom is 0.228 e. The highest BCUT2D eigenvalue weighted by molar-refractivity contribution is 5.96. The Hall–Kier alpha value is -1.75.